The van der Waals surface area contributed by atoms with Crippen LogP contribution in [0.4, 0.5) is 0 Å². The molecule has 0 heterocycles. The smallest absolute Gasteiger partial charge is 0.395 e. The molecule has 0 fully saturated rings. The van der Waals surface area contributed by atoms with Crippen LogP contribution in [0, 0.1) is 11.8 Å². The molecule has 2 aromatic carbocycles. The zero-order valence-corrected chi connectivity index (χ0v) is 17.4. The zero-order chi connectivity index (χ0) is 19.5. The molecule has 0 N–H and O–H groups in total. The second-order valence-corrected chi connectivity index (χ2v) is 8.83. The van der Waals surface area contributed by atoms with Crippen LogP contribution in [0.15, 0.2) is 60.7 Å². The molecule has 2 rings (SSSR count). The van der Waals surface area contributed by atoms with E-state index in [-0.39, 0.29) is 0 Å². The molecule has 1 atom stereocenters. The van der Waals surface area contributed by atoms with Crippen molar-refractivity contribution < 1.29 is 18.1 Å². The molecule has 0 aliphatic carbocycles. The normalized spacial score (nSPS) is 12.7. The lowest BCUT2D eigenvalue weighted by Gasteiger charge is -2.20. The van der Waals surface area contributed by atoms with Gasteiger partial charge < -0.3 is 9.05 Å². The van der Waals surface area contributed by atoms with Crippen molar-refractivity contribution in [3.63, 3.8) is 0 Å². The SMILES string of the molecule is CC(C)CCCC(C)CCOP(=O)(Oc1ccccc1)Oc1ccccc1. The molecule has 0 aliphatic rings. The average Bonchev–Trinajstić information content (AvgIpc) is 2.63. The molecule has 27 heavy (non-hydrogen) atoms. The first-order valence-corrected chi connectivity index (χ1v) is 11.2. The minimum absolute atomic E-state index is 0.333. The Labute approximate surface area is 163 Å². The fourth-order valence-electron chi connectivity index (χ4n) is 2.68. The van der Waals surface area contributed by atoms with E-state index in [1.807, 2.05) is 36.4 Å². The molecule has 4 nitrogen and oxygen atoms in total. The van der Waals surface area contributed by atoms with E-state index in [1.54, 1.807) is 24.3 Å². The van der Waals surface area contributed by atoms with Gasteiger partial charge in [0.2, 0.25) is 0 Å². The molecular weight excluding hydrogens is 359 g/mol. The topological polar surface area (TPSA) is 44.8 Å². The predicted octanol–water partition coefficient (Wildman–Crippen LogP) is 7.12. The van der Waals surface area contributed by atoms with E-state index in [0.29, 0.717) is 24.0 Å². The Morgan fingerprint density at radius 3 is 1.78 bits per heavy atom. The van der Waals surface area contributed by atoms with Crippen LogP contribution in [-0.2, 0) is 9.09 Å². The zero-order valence-electron chi connectivity index (χ0n) is 16.5. The number of hydrogen-bond donors (Lipinski definition) is 0. The van der Waals surface area contributed by atoms with Crippen molar-refractivity contribution in [2.24, 2.45) is 11.8 Å². The molecule has 0 aliphatic heterocycles. The summed E-state index contributed by atoms with van der Waals surface area (Å²) >= 11 is 0. The maximum absolute atomic E-state index is 13.2. The lowest BCUT2D eigenvalue weighted by atomic mass is 9.98. The molecule has 148 valence electrons. The van der Waals surface area contributed by atoms with Crippen LogP contribution in [0.25, 0.3) is 0 Å². The first-order chi connectivity index (χ1) is 13.0. The molecule has 2 aromatic rings. The Morgan fingerprint density at radius 2 is 1.30 bits per heavy atom. The van der Waals surface area contributed by atoms with Crippen LogP contribution in [0.3, 0.4) is 0 Å². The van der Waals surface area contributed by atoms with Crippen LogP contribution >= 0.6 is 7.82 Å². The molecule has 0 radical (unpaired) electrons. The predicted molar refractivity (Wildman–Crippen MR) is 110 cm³/mol. The number of phosphoric acid groups is 1. The van der Waals surface area contributed by atoms with E-state index in [0.717, 1.165) is 18.8 Å². The summed E-state index contributed by atoms with van der Waals surface area (Å²) in [5.74, 6) is 2.15. The van der Waals surface area contributed by atoms with E-state index in [2.05, 4.69) is 20.8 Å². The first kappa shape index (κ1) is 21.5. The standard InChI is InChI=1S/C22H31O4P/c1-19(2)11-10-12-20(3)17-18-24-27(23,25-21-13-6-4-7-14-21)26-22-15-8-5-9-16-22/h4-9,13-16,19-20H,10-12,17-18H2,1-3H3. The minimum Gasteiger partial charge on any atom is -0.395 e. The van der Waals surface area contributed by atoms with Gasteiger partial charge in [0, 0.05) is 0 Å². The molecule has 0 bridgehead atoms. The van der Waals surface area contributed by atoms with Gasteiger partial charge in [0.05, 0.1) is 6.61 Å². The molecule has 5 heteroatoms. The van der Waals surface area contributed by atoms with Gasteiger partial charge >= 0.3 is 7.82 Å². The third kappa shape index (κ3) is 8.64. The van der Waals surface area contributed by atoms with Crippen LogP contribution in [0.2, 0.25) is 0 Å². The Hall–Kier alpha value is -1.77. The van der Waals surface area contributed by atoms with Gasteiger partial charge in [0.15, 0.2) is 0 Å². The van der Waals surface area contributed by atoms with Gasteiger partial charge in [0.1, 0.15) is 11.5 Å². The first-order valence-electron chi connectivity index (χ1n) is 9.71. The highest BCUT2D eigenvalue weighted by Gasteiger charge is 2.30. The van der Waals surface area contributed by atoms with E-state index in [9.17, 15) is 4.57 Å². The number of benzene rings is 2. The lowest BCUT2D eigenvalue weighted by Crippen LogP contribution is -2.08. The van der Waals surface area contributed by atoms with Gasteiger partial charge in [-0.15, -0.1) is 0 Å². The summed E-state index contributed by atoms with van der Waals surface area (Å²) in [6, 6.07) is 18.0. The Balaban J connectivity index is 1.92. The van der Waals surface area contributed by atoms with Crippen LogP contribution in [-0.4, -0.2) is 6.61 Å². The maximum atomic E-state index is 13.2. The number of phosphoric ester groups is 1. The third-order valence-electron chi connectivity index (χ3n) is 4.26. The van der Waals surface area contributed by atoms with Crippen molar-refractivity contribution in [2.45, 2.75) is 46.5 Å². The van der Waals surface area contributed by atoms with Gasteiger partial charge in [-0.2, -0.15) is 0 Å². The van der Waals surface area contributed by atoms with Crippen molar-refractivity contribution in [2.75, 3.05) is 6.61 Å². The summed E-state index contributed by atoms with van der Waals surface area (Å²) in [7, 11) is -3.76. The van der Waals surface area contributed by atoms with Gasteiger partial charge in [0.25, 0.3) is 0 Å². The number of hydrogen-bond acceptors (Lipinski definition) is 4. The second kappa shape index (κ2) is 11.2. The lowest BCUT2D eigenvalue weighted by molar-refractivity contribution is 0.195. The maximum Gasteiger partial charge on any atom is 0.587 e. The van der Waals surface area contributed by atoms with Crippen molar-refractivity contribution in [3.8, 4) is 11.5 Å². The Morgan fingerprint density at radius 1 is 0.778 bits per heavy atom. The van der Waals surface area contributed by atoms with E-state index in [1.165, 1.54) is 12.8 Å². The summed E-state index contributed by atoms with van der Waals surface area (Å²) in [6.07, 6.45) is 4.40. The molecule has 0 saturated heterocycles. The molecule has 0 aromatic heterocycles. The largest absolute Gasteiger partial charge is 0.587 e. The number of rotatable bonds is 12. The summed E-state index contributed by atoms with van der Waals surface area (Å²) in [4.78, 5) is 0. The molecule has 0 saturated carbocycles. The van der Waals surface area contributed by atoms with E-state index < -0.39 is 7.82 Å². The van der Waals surface area contributed by atoms with Crippen molar-refractivity contribution >= 4 is 7.82 Å². The summed E-state index contributed by atoms with van der Waals surface area (Å²) in [6.45, 7) is 7.02. The fourth-order valence-corrected chi connectivity index (χ4v) is 3.91. The highest BCUT2D eigenvalue weighted by molar-refractivity contribution is 7.49. The highest BCUT2D eigenvalue weighted by Crippen LogP contribution is 2.49. The van der Waals surface area contributed by atoms with E-state index >= 15 is 0 Å². The van der Waals surface area contributed by atoms with Gasteiger partial charge in [-0.25, -0.2) is 4.57 Å². The van der Waals surface area contributed by atoms with Crippen molar-refractivity contribution in [3.05, 3.63) is 60.7 Å². The fraction of sp³-hybridized carbons (Fsp3) is 0.455. The van der Waals surface area contributed by atoms with Gasteiger partial charge in [-0.3, -0.25) is 4.52 Å². The van der Waals surface area contributed by atoms with Gasteiger partial charge in [-0.1, -0.05) is 76.4 Å². The van der Waals surface area contributed by atoms with Crippen LogP contribution in [0.5, 0.6) is 11.5 Å². The summed E-state index contributed by atoms with van der Waals surface area (Å²) < 4.78 is 30.0. The third-order valence-corrected chi connectivity index (χ3v) is 5.63. The van der Waals surface area contributed by atoms with Crippen LogP contribution in [0.1, 0.15) is 46.5 Å². The highest BCUT2D eigenvalue weighted by atomic mass is 31.2. The minimum atomic E-state index is -3.76. The van der Waals surface area contributed by atoms with E-state index in [4.69, 9.17) is 13.6 Å². The van der Waals surface area contributed by atoms with Crippen LogP contribution < -0.4 is 9.05 Å². The average molecular weight is 390 g/mol. The van der Waals surface area contributed by atoms with Gasteiger partial charge in [-0.05, 0) is 42.5 Å². The molecule has 1 unspecified atom stereocenters. The monoisotopic (exact) mass is 390 g/mol. The Bertz CT molecular complexity index is 642. The molecular formula is C22H31O4P. The molecule has 0 amide bonds. The number of para-hydroxylation sites is 2. The van der Waals surface area contributed by atoms with Crippen molar-refractivity contribution in [1.29, 1.82) is 0 Å². The second-order valence-electron chi connectivity index (χ2n) is 7.31. The summed E-state index contributed by atoms with van der Waals surface area (Å²) in [5.41, 5.74) is 0. The van der Waals surface area contributed by atoms with Crippen molar-refractivity contribution in [1.82, 2.24) is 0 Å². The molecule has 0 spiro atoms. The quantitative estimate of drug-likeness (QED) is 0.362. The summed E-state index contributed by atoms with van der Waals surface area (Å²) in [5, 5.41) is 0. The Kier molecular flexibility index (Phi) is 8.90.